The van der Waals surface area contributed by atoms with Gasteiger partial charge in [0.05, 0.1) is 17.4 Å². The first-order valence-corrected chi connectivity index (χ1v) is 11.2. The Balaban J connectivity index is 1.77. The first-order valence-electron chi connectivity index (χ1n) is 10.4. The molecule has 0 fully saturated rings. The summed E-state index contributed by atoms with van der Waals surface area (Å²) in [6, 6.07) is 7.36. The van der Waals surface area contributed by atoms with Gasteiger partial charge in [-0.3, -0.25) is 9.59 Å². The molecule has 0 aliphatic rings. The van der Waals surface area contributed by atoms with Crippen LogP contribution in [0.15, 0.2) is 24.3 Å². The number of thiophene rings is 1. The Hall–Kier alpha value is -3.04. The molecule has 2 aromatic heterocycles. The lowest BCUT2D eigenvalue weighted by Crippen LogP contribution is -2.32. The normalized spacial score (nSPS) is 11.9. The van der Waals surface area contributed by atoms with E-state index in [1.807, 2.05) is 32.9 Å². The number of carbonyl (C=O) groups excluding carboxylic acids is 2. The zero-order valence-electron chi connectivity index (χ0n) is 18.9. The molecule has 2 heterocycles. The SMILES string of the molecule is CCC(C)NC(=O)c1cccc(CNC(=O)c2sc3nc(COC)nc(OC)c3c2C)c1. The van der Waals surface area contributed by atoms with E-state index in [4.69, 9.17) is 9.47 Å². The number of hydrogen-bond donors (Lipinski definition) is 2. The third kappa shape index (κ3) is 5.23. The average Bonchev–Trinajstić information content (AvgIpc) is 3.13. The maximum Gasteiger partial charge on any atom is 0.261 e. The molecule has 2 N–H and O–H groups in total. The second-order valence-corrected chi connectivity index (χ2v) is 8.48. The summed E-state index contributed by atoms with van der Waals surface area (Å²) in [7, 11) is 3.11. The van der Waals surface area contributed by atoms with Gasteiger partial charge in [0.25, 0.3) is 11.8 Å². The van der Waals surface area contributed by atoms with Gasteiger partial charge in [-0.1, -0.05) is 19.1 Å². The predicted octanol–water partition coefficient (Wildman–Crippen LogP) is 3.61. The number of carbonyl (C=O) groups is 2. The van der Waals surface area contributed by atoms with E-state index < -0.39 is 0 Å². The van der Waals surface area contributed by atoms with E-state index in [1.165, 1.54) is 11.3 Å². The third-order valence-corrected chi connectivity index (χ3v) is 6.29. The van der Waals surface area contributed by atoms with E-state index in [-0.39, 0.29) is 24.5 Å². The van der Waals surface area contributed by atoms with Crippen LogP contribution in [0.4, 0.5) is 0 Å². The highest BCUT2D eigenvalue weighted by atomic mass is 32.1. The molecule has 9 heteroatoms. The number of amides is 2. The van der Waals surface area contributed by atoms with Gasteiger partial charge in [0, 0.05) is 25.3 Å². The van der Waals surface area contributed by atoms with Crippen LogP contribution < -0.4 is 15.4 Å². The monoisotopic (exact) mass is 456 g/mol. The Morgan fingerprint density at radius 3 is 2.66 bits per heavy atom. The lowest BCUT2D eigenvalue weighted by Gasteiger charge is -2.12. The van der Waals surface area contributed by atoms with E-state index in [0.29, 0.717) is 33.5 Å². The number of nitrogens with zero attached hydrogens (tertiary/aromatic N) is 2. The van der Waals surface area contributed by atoms with Crippen LogP contribution in [-0.2, 0) is 17.9 Å². The molecule has 0 radical (unpaired) electrons. The van der Waals surface area contributed by atoms with E-state index in [2.05, 4.69) is 20.6 Å². The van der Waals surface area contributed by atoms with E-state index >= 15 is 0 Å². The molecular weight excluding hydrogens is 428 g/mol. The van der Waals surface area contributed by atoms with Gasteiger partial charge in [-0.15, -0.1) is 11.3 Å². The van der Waals surface area contributed by atoms with Crippen molar-refractivity contribution in [3.63, 3.8) is 0 Å². The van der Waals surface area contributed by atoms with Gasteiger partial charge in [-0.2, -0.15) is 4.98 Å². The average molecular weight is 457 g/mol. The second kappa shape index (κ2) is 10.5. The largest absolute Gasteiger partial charge is 0.480 e. The molecule has 32 heavy (non-hydrogen) atoms. The quantitative estimate of drug-likeness (QED) is 0.510. The van der Waals surface area contributed by atoms with Crippen molar-refractivity contribution in [3.8, 4) is 5.88 Å². The summed E-state index contributed by atoms with van der Waals surface area (Å²) >= 11 is 1.29. The van der Waals surface area contributed by atoms with Crippen molar-refractivity contribution in [1.29, 1.82) is 0 Å². The number of benzene rings is 1. The van der Waals surface area contributed by atoms with Gasteiger partial charge in [0.2, 0.25) is 5.88 Å². The Morgan fingerprint density at radius 2 is 1.97 bits per heavy atom. The van der Waals surface area contributed by atoms with E-state index in [9.17, 15) is 9.59 Å². The number of nitrogens with one attached hydrogen (secondary N) is 2. The van der Waals surface area contributed by atoms with Gasteiger partial charge < -0.3 is 20.1 Å². The zero-order valence-corrected chi connectivity index (χ0v) is 19.8. The molecule has 1 aromatic carbocycles. The van der Waals surface area contributed by atoms with Crippen LogP contribution in [-0.4, -0.2) is 42.0 Å². The van der Waals surface area contributed by atoms with Gasteiger partial charge in [-0.05, 0) is 43.5 Å². The fourth-order valence-electron chi connectivity index (χ4n) is 3.20. The molecule has 1 unspecified atom stereocenters. The molecule has 170 valence electrons. The molecule has 0 spiro atoms. The molecule has 3 rings (SSSR count). The summed E-state index contributed by atoms with van der Waals surface area (Å²) in [6.45, 7) is 6.40. The van der Waals surface area contributed by atoms with Gasteiger partial charge in [0.1, 0.15) is 11.4 Å². The minimum absolute atomic E-state index is 0.103. The number of hydrogen-bond acceptors (Lipinski definition) is 7. The van der Waals surface area contributed by atoms with Crippen molar-refractivity contribution in [3.05, 3.63) is 51.7 Å². The number of rotatable bonds is 9. The Labute approximate surface area is 191 Å². The van der Waals surface area contributed by atoms with Crippen LogP contribution in [0.1, 0.15) is 57.2 Å². The first kappa shape index (κ1) is 23.6. The van der Waals surface area contributed by atoms with Crippen molar-refractivity contribution in [2.75, 3.05) is 14.2 Å². The number of fused-ring (bicyclic) bond motifs is 1. The minimum Gasteiger partial charge on any atom is -0.480 e. The van der Waals surface area contributed by atoms with Gasteiger partial charge in [-0.25, -0.2) is 4.98 Å². The van der Waals surface area contributed by atoms with Gasteiger partial charge in [0.15, 0.2) is 5.82 Å². The summed E-state index contributed by atoms with van der Waals surface area (Å²) in [5, 5.41) is 6.62. The smallest absolute Gasteiger partial charge is 0.261 e. The van der Waals surface area contributed by atoms with Crippen molar-refractivity contribution < 1.29 is 19.1 Å². The highest BCUT2D eigenvalue weighted by Crippen LogP contribution is 2.35. The molecule has 8 nitrogen and oxygen atoms in total. The van der Waals surface area contributed by atoms with Crippen LogP contribution in [0.3, 0.4) is 0 Å². The van der Waals surface area contributed by atoms with Crippen molar-refractivity contribution in [1.82, 2.24) is 20.6 Å². The Kier molecular flexibility index (Phi) is 7.76. The third-order valence-electron chi connectivity index (χ3n) is 5.11. The van der Waals surface area contributed by atoms with Gasteiger partial charge >= 0.3 is 0 Å². The fraction of sp³-hybridized carbons (Fsp3) is 0.391. The van der Waals surface area contributed by atoms with Crippen LogP contribution in [0.5, 0.6) is 5.88 Å². The van der Waals surface area contributed by atoms with Crippen molar-refractivity contribution >= 4 is 33.4 Å². The van der Waals surface area contributed by atoms with Crippen LogP contribution in [0.2, 0.25) is 0 Å². The fourth-order valence-corrected chi connectivity index (χ4v) is 4.30. The predicted molar refractivity (Wildman–Crippen MR) is 124 cm³/mol. The summed E-state index contributed by atoms with van der Waals surface area (Å²) < 4.78 is 10.5. The topological polar surface area (TPSA) is 102 Å². The molecule has 0 saturated heterocycles. The lowest BCUT2D eigenvalue weighted by molar-refractivity contribution is 0.0937. The highest BCUT2D eigenvalue weighted by molar-refractivity contribution is 7.20. The molecule has 3 aromatic rings. The van der Waals surface area contributed by atoms with Crippen LogP contribution >= 0.6 is 11.3 Å². The van der Waals surface area contributed by atoms with Crippen molar-refractivity contribution in [2.45, 2.75) is 46.4 Å². The molecule has 0 aliphatic heterocycles. The zero-order chi connectivity index (χ0) is 23.3. The molecular formula is C23H28N4O4S. The van der Waals surface area contributed by atoms with Crippen molar-refractivity contribution in [2.24, 2.45) is 0 Å². The minimum atomic E-state index is -0.213. The van der Waals surface area contributed by atoms with Crippen LogP contribution in [0.25, 0.3) is 10.2 Å². The summed E-state index contributed by atoms with van der Waals surface area (Å²) in [5.74, 6) is 0.591. The number of ether oxygens (including phenoxy) is 2. The Bertz CT molecular complexity index is 1130. The molecule has 0 aliphatic carbocycles. The molecule has 0 saturated carbocycles. The summed E-state index contributed by atoms with van der Waals surface area (Å²) in [5.41, 5.74) is 2.18. The summed E-state index contributed by atoms with van der Waals surface area (Å²) in [6.07, 6.45) is 0.859. The van der Waals surface area contributed by atoms with Crippen LogP contribution in [0, 0.1) is 6.92 Å². The lowest BCUT2D eigenvalue weighted by atomic mass is 10.1. The number of aromatic nitrogens is 2. The maximum atomic E-state index is 12.9. The Morgan fingerprint density at radius 1 is 1.19 bits per heavy atom. The maximum absolute atomic E-state index is 12.9. The number of aryl methyl sites for hydroxylation is 1. The molecule has 0 bridgehead atoms. The second-order valence-electron chi connectivity index (χ2n) is 7.48. The highest BCUT2D eigenvalue weighted by Gasteiger charge is 2.21. The first-order chi connectivity index (χ1) is 15.4. The molecule has 1 atom stereocenters. The van der Waals surface area contributed by atoms with E-state index in [1.54, 1.807) is 26.4 Å². The van der Waals surface area contributed by atoms with E-state index in [0.717, 1.165) is 22.9 Å². The standard InChI is InChI=1S/C23H28N4O4S/c1-6-13(2)25-20(28)16-9-7-8-15(10-16)11-24-21(29)19-14(3)18-22(31-5)26-17(12-30-4)27-23(18)32-19/h7-10,13H,6,11-12H2,1-5H3,(H,24,29)(H,25,28). The number of methoxy groups -OCH3 is 2. The molecule has 2 amide bonds. The summed E-state index contributed by atoms with van der Waals surface area (Å²) in [4.78, 5) is 35.4.